The van der Waals surface area contributed by atoms with Crippen LogP contribution in [0.2, 0.25) is 0 Å². The summed E-state index contributed by atoms with van der Waals surface area (Å²) in [5.41, 5.74) is 2.10. The van der Waals surface area contributed by atoms with E-state index in [1.165, 1.54) is 0 Å². The number of amides is 1. The summed E-state index contributed by atoms with van der Waals surface area (Å²) >= 11 is 0. The third-order valence-corrected chi connectivity index (χ3v) is 3.57. The Labute approximate surface area is 114 Å². The normalized spacial score (nSPS) is 17.9. The van der Waals surface area contributed by atoms with Gasteiger partial charge in [-0.15, -0.1) is 0 Å². The van der Waals surface area contributed by atoms with Gasteiger partial charge in [0.1, 0.15) is 0 Å². The third kappa shape index (κ3) is 3.94. The van der Waals surface area contributed by atoms with Crippen molar-refractivity contribution in [2.24, 2.45) is 5.92 Å². The van der Waals surface area contributed by atoms with Gasteiger partial charge in [-0.1, -0.05) is 25.5 Å². The number of carbonyl (C=O) groups excluding carboxylic acids is 1. The number of aromatic nitrogens is 2. The molecule has 0 aliphatic heterocycles. The van der Waals surface area contributed by atoms with Gasteiger partial charge in [0, 0.05) is 13.5 Å². The van der Waals surface area contributed by atoms with Crippen molar-refractivity contribution in [3.8, 4) is 0 Å². The van der Waals surface area contributed by atoms with Crippen molar-refractivity contribution in [3.63, 3.8) is 0 Å². The first kappa shape index (κ1) is 13.8. The zero-order valence-corrected chi connectivity index (χ0v) is 11.9. The number of hydrogen-bond acceptors (Lipinski definition) is 2. The van der Waals surface area contributed by atoms with Gasteiger partial charge < -0.3 is 4.90 Å². The Morgan fingerprint density at radius 2 is 2.42 bits per heavy atom. The quantitative estimate of drug-likeness (QED) is 0.800. The molecule has 2 rings (SSSR count). The van der Waals surface area contributed by atoms with Crippen LogP contribution in [0, 0.1) is 5.92 Å². The second-order valence-electron chi connectivity index (χ2n) is 5.35. The molecule has 0 saturated heterocycles. The van der Waals surface area contributed by atoms with Gasteiger partial charge >= 0.3 is 0 Å². The molecule has 1 atom stereocenters. The Kier molecular flexibility index (Phi) is 4.77. The summed E-state index contributed by atoms with van der Waals surface area (Å²) in [6.45, 7) is 2.76. The van der Waals surface area contributed by atoms with Crippen LogP contribution in [0.1, 0.15) is 44.0 Å². The van der Waals surface area contributed by atoms with Crippen LogP contribution in [0.3, 0.4) is 0 Å². The number of hydrogen-bond donors (Lipinski definition) is 1. The molecule has 1 aromatic rings. The minimum absolute atomic E-state index is 0.211. The first-order chi connectivity index (χ1) is 9.19. The van der Waals surface area contributed by atoms with E-state index in [-0.39, 0.29) is 5.91 Å². The van der Waals surface area contributed by atoms with Gasteiger partial charge in [-0.25, -0.2) is 0 Å². The molecule has 1 aliphatic rings. The first-order valence-corrected chi connectivity index (χ1v) is 7.12. The molecule has 0 aromatic carbocycles. The van der Waals surface area contributed by atoms with E-state index in [4.69, 9.17) is 0 Å². The molecule has 0 saturated carbocycles. The van der Waals surface area contributed by atoms with Crippen molar-refractivity contribution < 1.29 is 4.79 Å². The zero-order chi connectivity index (χ0) is 13.7. The summed E-state index contributed by atoms with van der Waals surface area (Å²) in [5.74, 6) is 0.649. The van der Waals surface area contributed by atoms with Crippen molar-refractivity contribution in [2.45, 2.75) is 45.6 Å². The molecule has 104 valence electrons. The van der Waals surface area contributed by atoms with E-state index in [0.29, 0.717) is 18.9 Å². The molecule has 0 bridgehead atoms. The number of H-pyrrole nitrogens is 1. The van der Waals surface area contributed by atoms with Gasteiger partial charge in [0.25, 0.3) is 0 Å². The van der Waals surface area contributed by atoms with Crippen molar-refractivity contribution in [2.75, 3.05) is 7.05 Å². The van der Waals surface area contributed by atoms with Crippen LogP contribution in [0.5, 0.6) is 0 Å². The lowest BCUT2D eigenvalue weighted by molar-refractivity contribution is -0.131. The maximum atomic E-state index is 12.1. The van der Waals surface area contributed by atoms with Crippen LogP contribution < -0.4 is 0 Å². The van der Waals surface area contributed by atoms with E-state index in [1.54, 1.807) is 4.90 Å². The predicted octanol–water partition coefficient (Wildman–Crippen LogP) is 2.68. The average molecular weight is 261 g/mol. The highest BCUT2D eigenvalue weighted by molar-refractivity contribution is 5.76. The number of aromatic amines is 1. The largest absolute Gasteiger partial charge is 0.340 e. The SMILES string of the molecule is CCCc1cc(CN(C)C(=O)C[C@@H]2C=CCC2)[nH]n1. The number of rotatable bonds is 6. The van der Waals surface area contributed by atoms with Crippen LogP contribution in [-0.2, 0) is 17.8 Å². The average Bonchev–Trinajstić information content (AvgIpc) is 3.02. The lowest BCUT2D eigenvalue weighted by Gasteiger charge is -2.17. The molecule has 4 nitrogen and oxygen atoms in total. The molecule has 0 spiro atoms. The van der Waals surface area contributed by atoms with Crippen molar-refractivity contribution in [1.29, 1.82) is 0 Å². The van der Waals surface area contributed by atoms with Crippen molar-refractivity contribution >= 4 is 5.91 Å². The minimum Gasteiger partial charge on any atom is -0.340 e. The summed E-state index contributed by atoms with van der Waals surface area (Å²) in [6, 6.07) is 2.06. The predicted molar refractivity (Wildman–Crippen MR) is 75.5 cm³/mol. The molecule has 19 heavy (non-hydrogen) atoms. The van der Waals surface area contributed by atoms with Crippen molar-refractivity contribution in [1.82, 2.24) is 15.1 Å². The number of carbonyl (C=O) groups is 1. The van der Waals surface area contributed by atoms with Gasteiger partial charge in [0.05, 0.1) is 17.9 Å². The Hall–Kier alpha value is -1.58. The van der Waals surface area contributed by atoms with Crippen LogP contribution in [0.15, 0.2) is 18.2 Å². The molecule has 4 heteroatoms. The molecule has 1 amide bonds. The number of nitrogens with zero attached hydrogens (tertiary/aromatic N) is 2. The zero-order valence-electron chi connectivity index (χ0n) is 11.9. The molecule has 1 N–H and O–H groups in total. The molecule has 1 aliphatic carbocycles. The molecular formula is C15H23N3O. The highest BCUT2D eigenvalue weighted by Crippen LogP contribution is 2.21. The smallest absolute Gasteiger partial charge is 0.223 e. The van der Waals surface area contributed by atoms with Crippen LogP contribution in [-0.4, -0.2) is 28.1 Å². The maximum Gasteiger partial charge on any atom is 0.223 e. The monoisotopic (exact) mass is 261 g/mol. The van der Waals surface area contributed by atoms with E-state index in [1.807, 2.05) is 7.05 Å². The van der Waals surface area contributed by atoms with Crippen LogP contribution >= 0.6 is 0 Å². The Bertz CT molecular complexity index is 450. The van der Waals surface area contributed by atoms with Crippen molar-refractivity contribution in [3.05, 3.63) is 29.6 Å². The molecule has 0 unspecified atom stereocenters. The van der Waals surface area contributed by atoms with Gasteiger partial charge in [-0.05, 0) is 31.2 Å². The fourth-order valence-electron chi connectivity index (χ4n) is 2.46. The Morgan fingerprint density at radius 3 is 3.11 bits per heavy atom. The van der Waals surface area contributed by atoms with E-state index in [0.717, 1.165) is 37.1 Å². The highest BCUT2D eigenvalue weighted by atomic mass is 16.2. The highest BCUT2D eigenvalue weighted by Gasteiger charge is 2.17. The molecular weight excluding hydrogens is 238 g/mol. The summed E-state index contributed by atoms with van der Waals surface area (Å²) < 4.78 is 0. The standard InChI is InChI=1S/C15H23N3O/c1-3-6-13-10-14(17-16-13)11-18(2)15(19)9-12-7-4-5-8-12/h4,7,10,12H,3,5-6,8-9,11H2,1-2H3,(H,16,17)/t12-/m1/s1. The van der Waals surface area contributed by atoms with Gasteiger partial charge in [-0.3, -0.25) is 9.89 Å². The van der Waals surface area contributed by atoms with Gasteiger partial charge in [0.15, 0.2) is 0 Å². The second-order valence-corrected chi connectivity index (χ2v) is 5.35. The number of allylic oxidation sites excluding steroid dienone is 2. The lowest BCUT2D eigenvalue weighted by Crippen LogP contribution is -2.27. The Morgan fingerprint density at radius 1 is 1.58 bits per heavy atom. The fraction of sp³-hybridized carbons (Fsp3) is 0.600. The lowest BCUT2D eigenvalue weighted by atomic mass is 10.0. The topological polar surface area (TPSA) is 49.0 Å². The number of aryl methyl sites for hydroxylation is 1. The van der Waals surface area contributed by atoms with E-state index in [9.17, 15) is 4.79 Å². The third-order valence-electron chi connectivity index (χ3n) is 3.57. The minimum atomic E-state index is 0.211. The fourth-order valence-corrected chi connectivity index (χ4v) is 2.46. The summed E-state index contributed by atoms with van der Waals surface area (Å²) in [5, 5.41) is 7.26. The van der Waals surface area contributed by atoms with Crippen LogP contribution in [0.4, 0.5) is 0 Å². The number of nitrogens with one attached hydrogen (secondary N) is 1. The summed E-state index contributed by atoms with van der Waals surface area (Å²) in [6.07, 6.45) is 9.27. The van der Waals surface area contributed by atoms with Gasteiger partial charge in [-0.2, -0.15) is 5.10 Å². The first-order valence-electron chi connectivity index (χ1n) is 7.12. The molecule has 0 radical (unpaired) electrons. The summed E-state index contributed by atoms with van der Waals surface area (Å²) in [7, 11) is 1.86. The van der Waals surface area contributed by atoms with E-state index in [2.05, 4.69) is 35.3 Å². The van der Waals surface area contributed by atoms with Crippen LogP contribution in [0.25, 0.3) is 0 Å². The maximum absolute atomic E-state index is 12.1. The van der Waals surface area contributed by atoms with E-state index >= 15 is 0 Å². The summed E-state index contributed by atoms with van der Waals surface area (Å²) in [4.78, 5) is 13.9. The molecule has 1 aromatic heterocycles. The Balaban J connectivity index is 1.83. The molecule has 0 fully saturated rings. The second kappa shape index (κ2) is 6.55. The molecule has 1 heterocycles. The van der Waals surface area contributed by atoms with Gasteiger partial charge in [0.2, 0.25) is 5.91 Å². The van der Waals surface area contributed by atoms with E-state index < -0.39 is 0 Å².